The van der Waals surface area contributed by atoms with Crippen LogP contribution in [0.4, 0.5) is 4.79 Å². The maximum absolute atomic E-state index is 12.0. The van der Waals surface area contributed by atoms with E-state index in [1.165, 1.54) is 9.80 Å². The van der Waals surface area contributed by atoms with E-state index in [0.717, 1.165) is 25.7 Å². The zero-order chi connectivity index (χ0) is 12.8. The van der Waals surface area contributed by atoms with Gasteiger partial charge < -0.3 is 20.0 Å². The van der Waals surface area contributed by atoms with Gasteiger partial charge in [-0.05, 0) is 12.8 Å². The average Bonchev–Trinajstić information content (AvgIpc) is 2.78. The Kier molecular flexibility index (Phi) is 5.21. The second-order valence-corrected chi connectivity index (χ2v) is 4.39. The number of carboxylic acid groups (broad SMARTS) is 1. The molecule has 0 radical (unpaired) electrons. The average molecular weight is 244 g/mol. The minimum Gasteiger partial charge on any atom is -0.480 e. The Balaban J connectivity index is 2.67. The number of carbonyl (C=O) groups is 2. The van der Waals surface area contributed by atoms with Crippen molar-refractivity contribution in [1.29, 1.82) is 0 Å². The molecule has 98 valence electrons. The lowest BCUT2D eigenvalue weighted by molar-refractivity contribution is -0.138. The molecule has 0 atom stereocenters. The summed E-state index contributed by atoms with van der Waals surface area (Å²) < 4.78 is 0. The molecular weight excluding hydrogens is 224 g/mol. The molecule has 0 aliphatic heterocycles. The summed E-state index contributed by atoms with van der Waals surface area (Å²) in [5.74, 6) is -0.998. The van der Waals surface area contributed by atoms with Gasteiger partial charge in [-0.25, -0.2) is 4.79 Å². The summed E-state index contributed by atoms with van der Waals surface area (Å²) in [4.78, 5) is 25.6. The molecule has 0 unspecified atom stereocenters. The lowest BCUT2D eigenvalue weighted by Crippen LogP contribution is -2.48. The first-order valence-corrected chi connectivity index (χ1v) is 5.90. The van der Waals surface area contributed by atoms with E-state index in [1.807, 2.05) is 0 Å². The highest BCUT2D eigenvalue weighted by Gasteiger charge is 2.29. The third-order valence-corrected chi connectivity index (χ3v) is 3.08. The lowest BCUT2D eigenvalue weighted by atomic mass is 10.2. The summed E-state index contributed by atoms with van der Waals surface area (Å²) in [5, 5.41) is 17.6. The molecule has 2 amide bonds. The fourth-order valence-corrected chi connectivity index (χ4v) is 2.18. The molecule has 0 aromatic heterocycles. The van der Waals surface area contributed by atoms with Crippen LogP contribution < -0.4 is 0 Å². The minimum absolute atomic E-state index is 0.0275. The van der Waals surface area contributed by atoms with E-state index in [-0.39, 0.29) is 31.8 Å². The molecule has 0 spiro atoms. The van der Waals surface area contributed by atoms with Crippen molar-refractivity contribution in [1.82, 2.24) is 9.80 Å². The second kappa shape index (κ2) is 6.44. The van der Waals surface area contributed by atoms with Crippen LogP contribution in [0.5, 0.6) is 0 Å². The second-order valence-electron chi connectivity index (χ2n) is 4.39. The molecule has 1 saturated carbocycles. The van der Waals surface area contributed by atoms with Gasteiger partial charge in [-0.1, -0.05) is 12.8 Å². The van der Waals surface area contributed by atoms with Crippen molar-refractivity contribution in [2.24, 2.45) is 0 Å². The molecule has 2 N–H and O–H groups in total. The van der Waals surface area contributed by atoms with Crippen molar-refractivity contribution in [3.63, 3.8) is 0 Å². The number of urea groups is 1. The van der Waals surface area contributed by atoms with Crippen LogP contribution in [0.2, 0.25) is 0 Å². The van der Waals surface area contributed by atoms with Crippen molar-refractivity contribution < 1.29 is 19.8 Å². The van der Waals surface area contributed by atoms with E-state index in [0.29, 0.717) is 0 Å². The largest absolute Gasteiger partial charge is 0.480 e. The SMILES string of the molecule is CN(CCO)C(=O)N(CC(=O)O)C1CCCC1. The zero-order valence-corrected chi connectivity index (χ0v) is 10.1. The van der Waals surface area contributed by atoms with E-state index in [1.54, 1.807) is 7.05 Å². The maximum atomic E-state index is 12.0. The van der Waals surface area contributed by atoms with Crippen LogP contribution in [0.3, 0.4) is 0 Å². The number of likely N-dealkylation sites (N-methyl/N-ethyl adjacent to an activating group) is 1. The van der Waals surface area contributed by atoms with Crippen molar-refractivity contribution >= 4 is 12.0 Å². The first kappa shape index (κ1) is 13.8. The van der Waals surface area contributed by atoms with E-state index in [2.05, 4.69) is 0 Å². The normalized spacial score (nSPS) is 15.9. The van der Waals surface area contributed by atoms with Gasteiger partial charge in [0.25, 0.3) is 0 Å². The van der Waals surface area contributed by atoms with Gasteiger partial charge in [-0.2, -0.15) is 0 Å². The number of nitrogens with zero attached hydrogens (tertiary/aromatic N) is 2. The first-order chi connectivity index (χ1) is 8.06. The lowest BCUT2D eigenvalue weighted by Gasteiger charge is -2.31. The molecule has 1 aliphatic carbocycles. The van der Waals surface area contributed by atoms with Crippen molar-refractivity contribution in [2.45, 2.75) is 31.7 Å². The summed E-state index contributed by atoms with van der Waals surface area (Å²) in [6.45, 7) is -0.158. The third kappa shape index (κ3) is 3.89. The number of hydrogen-bond acceptors (Lipinski definition) is 3. The van der Waals surface area contributed by atoms with Gasteiger partial charge >= 0.3 is 12.0 Å². The number of carbonyl (C=O) groups excluding carboxylic acids is 1. The monoisotopic (exact) mass is 244 g/mol. The number of aliphatic carboxylic acids is 1. The molecule has 17 heavy (non-hydrogen) atoms. The highest BCUT2D eigenvalue weighted by molar-refractivity contribution is 5.80. The maximum Gasteiger partial charge on any atom is 0.323 e. The molecule has 6 heteroatoms. The van der Waals surface area contributed by atoms with E-state index in [4.69, 9.17) is 10.2 Å². The molecule has 0 aromatic rings. The smallest absolute Gasteiger partial charge is 0.323 e. The number of aliphatic hydroxyl groups is 1. The first-order valence-electron chi connectivity index (χ1n) is 5.90. The molecule has 1 rings (SSSR count). The fraction of sp³-hybridized carbons (Fsp3) is 0.818. The molecular formula is C11H20N2O4. The summed E-state index contributed by atoms with van der Waals surface area (Å²) in [6.07, 6.45) is 3.81. The topological polar surface area (TPSA) is 81.1 Å². The predicted octanol–water partition coefficient (Wildman–Crippen LogP) is 0.360. The van der Waals surface area contributed by atoms with E-state index >= 15 is 0 Å². The van der Waals surface area contributed by atoms with E-state index < -0.39 is 5.97 Å². The van der Waals surface area contributed by atoms with Crippen LogP contribution in [0, 0.1) is 0 Å². The van der Waals surface area contributed by atoms with Crippen LogP contribution in [-0.2, 0) is 4.79 Å². The molecule has 0 saturated heterocycles. The Morgan fingerprint density at radius 2 is 1.88 bits per heavy atom. The number of carboxylic acids is 1. The van der Waals surface area contributed by atoms with Crippen LogP contribution in [0.25, 0.3) is 0 Å². The number of rotatable bonds is 5. The van der Waals surface area contributed by atoms with Gasteiger partial charge in [0.1, 0.15) is 6.54 Å². The number of amides is 2. The molecule has 6 nitrogen and oxygen atoms in total. The van der Waals surface area contributed by atoms with Gasteiger partial charge in [-0.15, -0.1) is 0 Å². The van der Waals surface area contributed by atoms with E-state index in [9.17, 15) is 9.59 Å². The minimum atomic E-state index is -0.998. The molecule has 1 aliphatic rings. The molecule has 0 bridgehead atoms. The Bertz CT molecular complexity index is 277. The third-order valence-electron chi connectivity index (χ3n) is 3.08. The summed E-state index contributed by atoms with van der Waals surface area (Å²) >= 11 is 0. The van der Waals surface area contributed by atoms with Gasteiger partial charge in [-0.3, -0.25) is 4.79 Å². The van der Waals surface area contributed by atoms with Crippen molar-refractivity contribution in [2.75, 3.05) is 26.7 Å². The van der Waals surface area contributed by atoms with Crippen molar-refractivity contribution in [3.05, 3.63) is 0 Å². The Morgan fingerprint density at radius 1 is 1.29 bits per heavy atom. The summed E-state index contributed by atoms with van der Waals surface area (Å²) in [5.41, 5.74) is 0. The van der Waals surface area contributed by atoms with Gasteiger partial charge in [0.05, 0.1) is 6.61 Å². The highest BCUT2D eigenvalue weighted by atomic mass is 16.4. The van der Waals surface area contributed by atoms with Gasteiger partial charge in [0.2, 0.25) is 0 Å². The summed E-state index contributed by atoms with van der Waals surface area (Å²) in [7, 11) is 1.57. The number of aliphatic hydroxyl groups excluding tert-OH is 1. The summed E-state index contributed by atoms with van der Waals surface area (Å²) in [6, 6.07) is -0.284. The van der Waals surface area contributed by atoms with Crippen LogP contribution in [0.15, 0.2) is 0 Å². The van der Waals surface area contributed by atoms with Crippen LogP contribution in [-0.4, -0.2) is 64.8 Å². The Morgan fingerprint density at radius 3 is 2.35 bits per heavy atom. The number of hydrogen-bond donors (Lipinski definition) is 2. The molecule has 0 aromatic carbocycles. The fourth-order valence-electron chi connectivity index (χ4n) is 2.18. The Labute approximate surface area is 101 Å². The van der Waals surface area contributed by atoms with Crippen LogP contribution >= 0.6 is 0 Å². The zero-order valence-electron chi connectivity index (χ0n) is 10.1. The van der Waals surface area contributed by atoms with Crippen LogP contribution in [0.1, 0.15) is 25.7 Å². The Hall–Kier alpha value is -1.30. The quantitative estimate of drug-likeness (QED) is 0.731. The van der Waals surface area contributed by atoms with Gasteiger partial charge in [0, 0.05) is 19.6 Å². The molecule has 0 heterocycles. The van der Waals surface area contributed by atoms with Crippen molar-refractivity contribution in [3.8, 4) is 0 Å². The standard InChI is InChI=1S/C11H20N2O4/c1-12(6-7-14)11(17)13(8-10(15)16)9-4-2-3-5-9/h9,14H,2-8H2,1H3,(H,15,16). The highest BCUT2D eigenvalue weighted by Crippen LogP contribution is 2.24. The predicted molar refractivity (Wildman–Crippen MR) is 61.7 cm³/mol. The van der Waals surface area contributed by atoms with Gasteiger partial charge in [0.15, 0.2) is 0 Å². The molecule has 1 fully saturated rings.